The van der Waals surface area contributed by atoms with Crippen LogP contribution in [-0.4, -0.2) is 58.0 Å². The smallest absolute Gasteiger partial charge is 0.264 e. The number of sulfonamides is 1. The van der Waals surface area contributed by atoms with Crippen LogP contribution in [0, 0.1) is 0 Å². The lowest BCUT2D eigenvalue weighted by Gasteiger charge is -2.34. The molecule has 1 aliphatic rings. The Labute approximate surface area is 254 Å². The van der Waals surface area contributed by atoms with E-state index in [4.69, 9.17) is 9.47 Å². The third-order valence-corrected chi connectivity index (χ3v) is 9.58. The number of methoxy groups -OCH3 is 2. The second kappa shape index (κ2) is 14.9. The van der Waals surface area contributed by atoms with E-state index >= 15 is 0 Å². The Morgan fingerprint density at radius 3 is 2.19 bits per heavy atom. The van der Waals surface area contributed by atoms with E-state index in [1.165, 1.54) is 24.1 Å². The molecule has 4 rings (SSSR count). The van der Waals surface area contributed by atoms with Crippen molar-refractivity contribution in [2.75, 3.05) is 25.1 Å². The van der Waals surface area contributed by atoms with Crippen molar-refractivity contribution in [3.8, 4) is 11.5 Å². The summed E-state index contributed by atoms with van der Waals surface area (Å²) in [5.74, 6) is 0.449. The van der Waals surface area contributed by atoms with Gasteiger partial charge in [0.1, 0.15) is 24.1 Å². The molecule has 0 radical (unpaired) electrons. The van der Waals surface area contributed by atoms with Crippen LogP contribution in [0.2, 0.25) is 0 Å². The molecule has 0 spiro atoms. The van der Waals surface area contributed by atoms with Gasteiger partial charge in [-0.15, -0.1) is 0 Å². The van der Waals surface area contributed by atoms with Gasteiger partial charge in [0.25, 0.3) is 10.0 Å². The summed E-state index contributed by atoms with van der Waals surface area (Å²) in [7, 11) is -1.05. The molecule has 0 bridgehead atoms. The van der Waals surface area contributed by atoms with Gasteiger partial charge in [0.05, 0.1) is 24.8 Å². The average Bonchev–Trinajstić information content (AvgIpc) is 3.04. The molecule has 1 atom stereocenters. The molecule has 0 aromatic heterocycles. The van der Waals surface area contributed by atoms with E-state index in [0.717, 1.165) is 42.0 Å². The van der Waals surface area contributed by atoms with Crippen molar-refractivity contribution in [1.82, 2.24) is 10.2 Å². The van der Waals surface area contributed by atoms with Gasteiger partial charge in [0.2, 0.25) is 11.8 Å². The highest BCUT2D eigenvalue weighted by atomic mass is 32.2. The standard InChI is InChI=1S/C33H41N3O6S/c1-4-31(33(38)34-26-13-7-5-8-14-26)35(23-25-12-11-15-29(22-25)42-3)32(37)24-36(27-18-20-28(41-2)21-19-27)43(39,40)30-16-9-6-10-17-30/h6,9-12,15-22,26,31H,4-5,7-8,13-14,23-24H2,1-3H3,(H,34,38). The lowest BCUT2D eigenvalue weighted by atomic mass is 9.95. The Hall–Kier alpha value is -4.05. The van der Waals surface area contributed by atoms with Crippen LogP contribution in [0.25, 0.3) is 0 Å². The molecule has 0 heterocycles. The van der Waals surface area contributed by atoms with Crippen LogP contribution in [0.4, 0.5) is 5.69 Å². The number of ether oxygens (including phenoxy) is 2. The topological polar surface area (TPSA) is 105 Å². The zero-order valence-electron chi connectivity index (χ0n) is 25.1. The Kier molecular flexibility index (Phi) is 11.1. The maximum absolute atomic E-state index is 14.3. The molecule has 9 nitrogen and oxygen atoms in total. The molecular formula is C33H41N3O6S. The van der Waals surface area contributed by atoms with Gasteiger partial charge in [-0.1, -0.05) is 56.5 Å². The van der Waals surface area contributed by atoms with E-state index in [1.54, 1.807) is 55.6 Å². The molecule has 43 heavy (non-hydrogen) atoms. The zero-order chi connectivity index (χ0) is 30.8. The van der Waals surface area contributed by atoms with E-state index in [9.17, 15) is 18.0 Å². The third-order valence-electron chi connectivity index (χ3n) is 7.80. The highest BCUT2D eigenvalue weighted by Gasteiger charge is 2.34. The SMILES string of the molecule is CCC(C(=O)NC1CCCCC1)N(Cc1cccc(OC)c1)C(=O)CN(c1ccc(OC)cc1)S(=O)(=O)c1ccccc1. The number of anilines is 1. The third kappa shape index (κ3) is 8.07. The Bertz CT molecular complexity index is 1460. The molecule has 230 valence electrons. The number of nitrogens with zero attached hydrogens (tertiary/aromatic N) is 2. The van der Waals surface area contributed by atoms with Crippen LogP contribution in [0.5, 0.6) is 11.5 Å². The fourth-order valence-corrected chi connectivity index (χ4v) is 6.86. The number of nitrogens with one attached hydrogen (secondary N) is 1. The highest BCUT2D eigenvalue weighted by molar-refractivity contribution is 7.92. The molecule has 1 fully saturated rings. The largest absolute Gasteiger partial charge is 0.497 e. The van der Waals surface area contributed by atoms with E-state index in [0.29, 0.717) is 23.6 Å². The predicted molar refractivity (Wildman–Crippen MR) is 167 cm³/mol. The minimum absolute atomic E-state index is 0.0556. The fraction of sp³-hybridized carbons (Fsp3) is 0.394. The summed E-state index contributed by atoms with van der Waals surface area (Å²) in [5.41, 5.74) is 1.07. The van der Waals surface area contributed by atoms with Gasteiger partial charge in [-0.2, -0.15) is 0 Å². The van der Waals surface area contributed by atoms with Gasteiger partial charge in [0, 0.05) is 12.6 Å². The van der Waals surface area contributed by atoms with Gasteiger partial charge in [-0.25, -0.2) is 8.42 Å². The number of amides is 2. The molecule has 1 N–H and O–H groups in total. The molecule has 0 saturated heterocycles. The highest BCUT2D eigenvalue weighted by Crippen LogP contribution is 2.27. The minimum Gasteiger partial charge on any atom is -0.497 e. The number of hydrogen-bond donors (Lipinski definition) is 1. The van der Waals surface area contributed by atoms with Crippen molar-refractivity contribution in [3.05, 3.63) is 84.4 Å². The first kappa shape index (κ1) is 31.9. The van der Waals surface area contributed by atoms with Crippen molar-refractivity contribution in [3.63, 3.8) is 0 Å². The molecule has 0 aliphatic heterocycles. The molecule has 1 aliphatic carbocycles. The Balaban J connectivity index is 1.71. The van der Waals surface area contributed by atoms with Crippen molar-refractivity contribution in [1.29, 1.82) is 0 Å². The quantitative estimate of drug-likeness (QED) is 0.288. The number of hydrogen-bond acceptors (Lipinski definition) is 6. The summed E-state index contributed by atoms with van der Waals surface area (Å²) in [6, 6.07) is 21.1. The van der Waals surface area contributed by atoms with E-state index < -0.39 is 28.5 Å². The molecule has 3 aromatic carbocycles. The summed E-state index contributed by atoms with van der Waals surface area (Å²) in [6.45, 7) is 1.47. The second-order valence-corrected chi connectivity index (χ2v) is 12.5. The van der Waals surface area contributed by atoms with Crippen LogP contribution in [-0.2, 0) is 26.2 Å². The summed E-state index contributed by atoms with van der Waals surface area (Å²) in [5, 5.41) is 3.16. The average molecular weight is 608 g/mol. The van der Waals surface area contributed by atoms with Gasteiger partial charge >= 0.3 is 0 Å². The first-order valence-electron chi connectivity index (χ1n) is 14.7. The fourth-order valence-electron chi connectivity index (χ4n) is 5.43. The first-order chi connectivity index (χ1) is 20.8. The van der Waals surface area contributed by atoms with Crippen LogP contribution in [0.3, 0.4) is 0 Å². The Morgan fingerprint density at radius 1 is 0.884 bits per heavy atom. The molecule has 2 amide bonds. The predicted octanol–water partition coefficient (Wildman–Crippen LogP) is 5.16. The van der Waals surface area contributed by atoms with Crippen molar-refractivity contribution in [2.24, 2.45) is 0 Å². The summed E-state index contributed by atoms with van der Waals surface area (Å²) in [4.78, 5) is 29.5. The summed E-state index contributed by atoms with van der Waals surface area (Å²) < 4.78 is 39.6. The van der Waals surface area contributed by atoms with Crippen molar-refractivity contribution < 1.29 is 27.5 Å². The second-order valence-electron chi connectivity index (χ2n) is 10.7. The Morgan fingerprint density at radius 2 is 1.56 bits per heavy atom. The van der Waals surface area contributed by atoms with Crippen LogP contribution >= 0.6 is 0 Å². The number of carbonyl (C=O) groups is 2. The lowest BCUT2D eigenvalue weighted by molar-refractivity contribution is -0.140. The summed E-state index contributed by atoms with van der Waals surface area (Å²) in [6.07, 6.45) is 5.45. The van der Waals surface area contributed by atoms with E-state index in [-0.39, 0.29) is 23.4 Å². The molecule has 3 aromatic rings. The van der Waals surface area contributed by atoms with E-state index in [2.05, 4.69) is 5.32 Å². The first-order valence-corrected chi connectivity index (χ1v) is 16.2. The monoisotopic (exact) mass is 607 g/mol. The minimum atomic E-state index is -4.14. The normalized spacial score (nSPS) is 14.4. The van der Waals surface area contributed by atoms with Crippen molar-refractivity contribution in [2.45, 2.75) is 69.0 Å². The lowest BCUT2D eigenvalue weighted by Crippen LogP contribution is -2.54. The van der Waals surface area contributed by atoms with Crippen LogP contribution in [0.15, 0.2) is 83.8 Å². The number of carbonyl (C=O) groups excluding carboxylic acids is 2. The van der Waals surface area contributed by atoms with Gasteiger partial charge < -0.3 is 19.7 Å². The van der Waals surface area contributed by atoms with Gasteiger partial charge in [-0.05, 0) is 73.4 Å². The van der Waals surface area contributed by atoms with Crippen LogP contribution in [0.1, 0.15) is 51.0 Å². The molecular weight excluding hydrogens is 566 g/mol. The maximum Gasteiger partial charge on any atom is 0.264 e. The molecule has 10 heteroatoms. The van der Waals surface area contributed by atoms with Crippen molar-refractivity contribution >= 4 is 27.5 Å². The summed E-state index contributed by atoms with van der Waals surface area (Å²) >= 11 is 0. The number of rotatable bonds is 13. The van der Waals surface area contributed by atoms with Gasteiger partial charge in [-0.3, -0.25) is 13.9 Å². The molecule has 1 unspecified atom stereocenters. The van der Waals surface area contributed by atoms with Crippen LogP contribution < -0.4 is 19.1 Å². The molecule has 1 saturated carbocycles. The number of benzene rings is 3. The van der Waals surface area contributed by atoms with Gasteiger partial charge in [0.15, 0.2) is 0 Å². The van der Waals surface area contributed by atoms with E-state index in [1.807, 2.05) is 25.1 Å². The zero-order valence-corrected chi connectivity index (χ0v) is 25.9. The maximum atomic E-state index is 14.3.